The maximum absolute atomic E-state index is 12.5. The summed E-state index contributed by atoms with van der Waals surface area (Å²) in [5.74, 6) is 1.60. The molecule has 1 unspecified atom stereocenters. The Morgan fingerprint density at radius 2 is 2.00 bits per heavy atom. The fraction of sp³-hybridized carbons (Fsp3) is 0.684. The van der Waals surface area contributed by atoms with Gasteiger partial charge in [-0.3, -0.25) is 9.59 Å². The van der Waals surface area contributed by atoms with Crippen LogP contribution in [0.1, 0.15) is 49.3 Å². The van der Waals surface area contributed by atoms with Gasteiger partial charge in [0.25, 0.3) is 0 Å². The first kappa shape index (κ1) is 19.5. The number of hydrogen-bond donors (Lipinski definition) is 0. The van der Waals surface area contributed by atoms with Gasteiger partial charge in [0.1, 0.15) is 12.4 Å². The molecule has 0 bridgehead atoms. The lowest BCUT2D eigenvalue weighted by Crippen LogP contribution is -2.42. The second-order valence-corrected chi connectivity index (χ2v) is 7.45. The second-order valence-electron chi connectivity index (χ2n) is 7.45. The molecule has 1 fully saturated rings. The maximum Gasteiger partial charge on any atom is 0.249 e. The van der Waals surface area contributed by atoms with E-state index in [1.54, 1.807) is 6.92 Å². The molecule has 27 heavy (non-hydrogen) atoms. The van der Waals surface area contributed by atoms with Crippen LogP contribution in [0, 0.1) is 0 Å². The number of likely N-dealkylation sites (tertiary alicyclic amines) is 1. The first-order valence-corrected chi connectivity index (χ1v) is 9.53. The van der Waals surface area contributed by atoms with Crippen molar-refractivity contribution in [2.45, 2.75) is 45.2 Å². The van der Waals surface area contributed by atoms with E-state index in [1.807, 2.05) is 28.8 Å². The van der Waals surface area contributed by atoms with E-state index in [2.05, 4.69) is 0 Å². The van der Waals surface area contributed by atoms with Crippen molar-refractivity contribution in [3.8, 4) is 0 Å². The number of nitrogens with zero attached hydrogens (tertiary/aromatic N) is 5. The molecule has 0 aliphatic carbocycles. The molecule has 1 atom stereocenters. The predicted octanol–water partition coefficient (Wildman–Crippen LogP) is 1.15. The van der Waals surface area contributed by atoms with Crippen LogP contribution in [0.25, 0.3) is 0 Å². The van der Waals surface area contributed by atoms with Crippen molar-refractivity contribution in [1.29, 1.82) is 0 Å². The van der Waals surface area contributed by atoms with Gasteiger partial charge in [-0.15, -0.1) is 0 Å². The van der Waals surface area contributed by atoms with Crippen molar-refractivity contribution >= 4 is 17.6 Å². The smallest absolute Gasteiger partial charge is 0.249 e. The Labute approximate surface area is 160 Å². The number of methoxy groups -OCH3 is 1. The quantitative estimate of drug-likeness (QED) is 0.785. The molecule has 2 amide bonds. The van der Waals surface area contributed by atoms with Crippen molar-refractivity contribution in [3.05, 3.63) is 17.1 Å². The molecule has 0 saturated carbocycles. The molecular weight excluding hydrogens is 346 g/mol. The van der Waals surface area contributed by atoms with Crippen LogP contribution < -0.4 is 4.90 Å². The maximum atomic E-state index is 12.5. The molecule has 3 rings (SSSR count). The van der Waals surface area contributed by atoms with Gasteiger partial charge in [0.2, 0.25) is 11.8 Å². The van der Waals surface area contributed by atoms with Gasteiger partial charge in [-0.2, -0.15) is 0 Å². The minimum atomic E-state index is -0.115. The van der Waals surface area contributed by atoms with E-state index in [0.29, 0.717) is 31.9 Å². The number of amides is 2. The van der Waals surface area contributed by atoms with Crippen LogP contribution in [0.3, 0.4) is 0 Å². The zero-order chi connectivity index (χ0) is 19.6. The summed E-state index contributed by atoms with van der Waals surface area (Å²) in [6, 6.07) is -0.115. The largest absolute Gasteiger partial charge is 0.375 e. The SMILES string of the molecule is COCC(=O)N1CCCCC1c1nc2c(c(N(C)C)n1)CN(C(C)=O)CC2. The highest BCUT2D eigenvalue weighted by Gasteiger charge is 2.32. The molecule has 1 aromatic rings. The minimum Gasteiger partial charge on any atom is -0.375 e. The molecule has 0 spiro atoms. The second kappa shape index (κ2) is 8.21. The molecule has 8 nitrogen and oxygen atoms in total. The number of aromatic nitrogens is 2. The topological polar surface area (TPSA) is 78.9 Å². The molecule has 0 aromatic carbocycles. The van der Waals surface area contributed by atoms with Crippen molar-refractivity contribution in [2.24, 2.45) is 0 Å². The third kappa shape index (κ3) is 4.05. The van der Waals surface area contributed by atoms with Gasteiger partial charge < -0.3 is 19.4 Å². The number of hydrogen-bond acceptors (Lipinski definition) is 6. The molecule has 1 aromatic heterocycles. The number of carbonyl (C=O) groups excluding carboxylic acids is 2. The number of ether oxygens (including phenoxy) is 1. The number of anilines is 1. The Balaban J connectivity index is 1.97. The normalized spacial score (nSPS) is 19.6. The molecule has 0 radical (unpaired) electrons. The van der Waals surface area contributed by atoms with Gasteiger partial charge >= 0.3 is 0 Å². The number of rotatable bonds is 4. The lowest BCUT2D eigenvalue weighted by Gasteiger charge is -2.36. The van der Waals surface area contributed by atoms with Crippen LogP contribution in [-0.2, 0) is 27.3 Å². The van der Waals surface area contributed by atoms with Gasteiger partial charge in [-0.05, 0) is 19.3 Å². The van der Waals surface area contributed by atoms with E-state index in [9.17, 15) is 9.59 Å². The van der Waals surface area contributed by atoms with E-state index in [0.717, 1.165) is 36.3 Å². The first-order chi connectivity index (χ1) is 12.9. The zero-order valence-corrected chi connectivity index (χ0v) is 16.7. The molecule has 3 heterocycles. The Kier molecular flexibility index (Phi) is 5.94. The number of fused-ring (bicyclic) bond motifs is 1. The summed E-state index contributed by atoms with van der Waals surface area (Å²) in [5.41, 5.74) is 2.00. The minimum absolute atomic E-state index is 0.0160. The van der Waals surface area contributed by atoms with E-state index in [1.165, 1.54) is 7.11 Å². The molecule has 2 aliphatic rings. The molecule has 148 valence electrons. The summed E-state index contributed by atoms with van der Waals surface area (Å²) in [6.07, 6.45) is 3.62. The van der Waals surface area contributed by atoms with Crippen LogP contribution in [0.2, 0.25) is 0 Å². The summed E-state index contributed by atoms with van der Waals surface area (Å²) in [6.45, 7) is 3.59. The van der Waals surface area contributed by atoms with Crippen LogP contribution in [-0.4, -0.2) is 72.5 Å². The molecule has 8 heteroatoms. The Morgan fingerprint density at radius 3 is 2.67 bits per heavy atom. The average Bonchev–Trinajstić information content (AvgIpc) is 2.66. The predicted molar refractivity (Wildman–Crippen MR) is 101 cm³/mol. The van der Waals surface area contributed by atoms with Gasteiger partial charge in [0.05, 0.1) is 18.3 Å². The first-order valence-electron chi connectivity index (χ1n) is 9.53. The highest BCUT2D eigenvalue weighted by molar-refractivity contribution is 5.78. The third-order valence-electron chi connectivity index (χ3n) is 5.31. The standard InChI is InChI=1S/C19H29N5O3/c1-13(25)23-10-8-15-14(11-23)19(22(2)3)21-18(20-15)16-7-5-6-9-24(16)17(26)12-27-4/h16H,5-12H2,1-4H3. The average molecular weight is 375 g/mol. The number of piperidine rings is 1. The Bertz CT molecular complexity index is 722. The van der Waals surface area contributed by atoms with Crippen LogP contribution >= 0.6 is 0 Å². The van der Waals surface area contributed by atoms with Gasteiger partial charge in [0.15, 0.2) is 5.82 Å². The van der Waals surface area contributed by atoms with Crippen LogP contribution in [0.5, 0.6) is 0 Å². The van der Waals surface area contributed by atoms with Gasteiger partial charge in [-0.25, -0.2) is 9.97 Å². The summed E-state index contributed by atoms with van der Waals surface area (Å²) in [7, 11) is 5.44. The fourth-order valence-corrected chi connectivity index (χ4v) is 3.91. The molecule has 0 N–H and O–H groups in total. The zero-order valence-electron chi connectivity index (χ0n) is 16.7. The van der Waals surface area contributed by atoms with Gasteiger partial charge in [0, 0.05) is 53.2 Å². The van der Waals surface area contributed by atoms with Gasteiger partial charge in [-0.1, -0.05) is 0 Å². The van der Waals surface area contributed by atoms with Crippen LogP contribution in [0.4, 0.5) is 5.82 Å². The van der Waals surface area contributed by atoms with E-state index >= 15 is 0 Å². The van der Waals surface area contributed by atoms with E-state index in [4.69, 9.17) is 14.7 Å². The van der Waals surface area contributed by atoms with E-state index in [-0.39, 0.29) is 24.5 Å². The highest BCUT2D eigenvalue weighted by Crippen LogP contribution is 2.33. The monoisotopic (exact) mass is 375 g/mol. The molecule has 1 saturated heterocycles. The van der Waals surface area contributed by atoms with Crippen LogP contribution in [0.15, 0.2) is 0 Å². The van der Waals surface area contributed by atoms with Crippen molar-refractivity contribution < 1.29 is 14.3 Å². The van der Waals surface area contributed by atoms with Crippen molar-refractivity contribution in [1.82, 2.24) is 19.8 Å². The number of carbonyl (C=O) groups is 2. The Morgan fingerprint density at radius 1 is 1.22 bits per heavy atom. The van der Waals surface area contributed by atoms with Crippen molar-refractivity contribution in [3.63, 3.8) is 0 Å². The molecule has 2 aliphatic heterocycles. The van der Waals surface area contributed by atoms with E-state index < -0.39 is 0 Å². The summed E-state index contributed by atoms with van der Waals surface area (Å²) >= 11 is 0. The lowest BCUT2D eigenvalue weighted by atomic mass is 9.99. The lowest BCUT2D eigenvalue weighted by molar-refractivity contribution is -0.139. The Hall–Kier alpha value is -2.22. The highest BCUT2D eigenvalue weighted by atomic mass is 16.5. The summed E-state index contributed by atoms with van der Waals surface area (Å²) < 4.78 is 5.05. The van der Waals surface area contributed by atoms with Crippen molar-refractivity contribution in [2.75, 3.05) is 45.8 Å². The summed E-state index contributed by atoms with van der Waals surface area (Å²) in [4.78, 5) is 39.6. The molecular formula is C19H29N5O3. The summed E-state index contributed by atoms with van der Waals surface area (Å²) in [5, 5.41) is 0. The third-order valence-corrected chi connectivity index (χ3v) is 5.31. The fourth-order valence-electron chi connectivity index (χ4n) is 3.91.